The van der Waals surface area contributed by atoms with E-state index in [0.717, 1.165) is 16.7 Å². The van der Waals surface area contributed by atoms with Gasteiger partial charge in [-0.15, -0.1) is 12.4 Å². The van der Waals surface area contributed by atoms with Crippen molar-refractivity contribution in [2.45, 2.75) is 19.9 Å². The second-order valence-corrected chi connectivity index (χ2v) is 5.04. The third-order valence-corrected chi connectivity index (χ3v) is 3.41. The number of nitrogens with one attached hydrogen (secondary N) is 1. The molecule has 2 heterocycles. The van der Waals surface area contributed by atoms with Gasteiger partial charge in [0.1, 0.15) is 17.5 Å². The molecule has 2 aromatic heterocycles. The zero-order chi connectivity index (χ0) is 15.5. The summed E-state index contributed by atoms with van der Waals surface area (Å²) in [6, 6.07) is 7.45. The number of fused-ring (bicyclic) bond motifs is 1. The largest absolute Gasteiger partial charge is 0.467 e. The number of nitrogens with zero attached hydrogens (tertiary/aromatic N) is 1. The highest BCUT2D eigenvalue weighted by atomic mass is 35.5. The molecule has 1 amide bonds. The van der Waals surface area contributed by atoms with Crippen molar-refractivity contribution in [3.05, 3.63) is 53.3 Å². The number of halogens is 1. The maximum absolute atomic E-state index is 11.9. The Bertz CT molecular complexity index is 810. The van der Waals surface area contributed by atoms with Crippen LogP contribution in [0.2, 0.25) is 0 Å². The van der Waals surface area contributed by atoms with E-state index in [9.17, 15) is 4.79 Å². The predicted molar refractivity (Wildman–Crippen MR) is 88.6 cm³/mol. The van der Waals surface area contributed by atoms with Crippen LogP contribution in [0, 0.1) is 6.92 Å². The molecular formula is C16H18ClN3O3. The molecule has 3 aromatic rings. The Morgan fingerprint density at radius 3 is 2.91 bits per heavy atom. The number of para-hydroxylation sites is 1. The molecule has 0 unspecified atom stereocenters. The van der Waals surface area contributed by atoms with Crippen molar-refractivity contribution in [1.29, 1.82) is 0 Å². The second-order valence-electron chi connectivity index (χ2n) is 5.04. The molecule has 0 fully saturated rings. The van der Waals surface area contributed by atoms with Gasteiger partial charge in [-0.3, -0.25) is 4.79 Å². The van der Waals surface area contributed by atoms with E-state index >= 15 is 0 Å². The van der Waals surface area contributed by atoms with Crippen molar-refractivity contribution in [2.75, 3.05) is 6.54 Å². The standard InChI is InChI=1S/C16H17N3O3.ClH/c1-10-3-2-4-13-15(10)19-14(22-13)5-6-18-16(20)11-7-12(8-17)21-9-11;/h2-4,7,9H,5-6,8,17H2,1H3,(H,18,20);1H. The fourth-order valence-electron chi connectivity index (χ4n) is 2.23. The number of aryl methyl sites for hydroxylation is 1. The van der Waals surface area contributed by atoms with Gasteiger partial charge in [0, 0.05) is 13.0 Å². The molecule has 6 nitrogen and oxygen atoms in total. The average molecular weight is 336 g/mol. The van der Waals surface area contributed by atoms with Gasteiger partial charge in [-0.1, -0.05) is 12.1 Å². The average Bonchev–Trinajstić information content (AvgIpc) is 3.14. The highest BCUT2D eigenvalue weighted by Crippen LogP contribution is 2.18. The molecule has 0 saturated heterocycles. The molecule has 0 spiro atoms. The first kappa shape index (κ1) is 17.1. The van der Waals surface area contributed by atoms with E-state index in [-0.39, 0.29) is 24.9 Å². The highest BCUT2D eigenvalue weighted by molar-refractivity contribution is 5.93. The number of hydrogen-bond donors (Lipinski definition) is 2. The Labute approximate surface area is 139 Å². The first-order chi connectivity index (χ1) is 10.7. The molecule has 0 aliphatic rings. The van der Waals surface area contributed by atoms with Gasteiger partial charge in [-0.25, -0.2) is 4.98 Å². The lowest BCUT2D eigenvalue weighted by atomic mass is 10.2. The van der Waals surface area contributed by atoms with E-state index in [0.29, 0.717) is 30.2 Å². The number of benzene rings is 1. The van der Waals surface area contributed by atoms with Crippen LogP contribution in [0.5, 0.6) is 0 Å². The van der Waals surface area contributed by atoms with Gasteiger partial charge in [0.15, 0.2) is 11.5 Å². The number of hydrogen-bond acceptors (Lipinski definition) is 5. The lowest BCUT2D eigenvalue weighted by Crippen LogP contribution is -2.25. The van der Waals surface area contributed by atoms with E-state index in [1.165, 1.54) is 6.26 Å². The second kappa shape index (κ2) is 7.30. The summed E-state index contributed by atoms with van der Waals surface area (Å²) >= 11 is 0. The molecular weight excluding hydrogens is 318 g/mol. The van der Waals surface area contributed by atoms with Gasteiger partial charge < -0.3 is 19.9 Å². The minimum Gasteiger partial charge on any atom is -0.467 e. The Hall–Kier alpha value is -2.31. The monoisotopic (exact) mass is 335 g/mol. The zero-order valence-electron chi connectivity index (χ0n) is 12.7. The lowest BCUT2D eigenvalue weighted by Gasteiger charge is -2.00. The van der Waals surface area contributed by atoms with Crippen molar-refractivity contribution in [2.24, 2.45) is 5.73 Å². The first-order valence-corrected chi connectivity index (χ1v) is 7.08. The number of rotatable bonds is 5. The van der Waals surface area contributed by atoms with Crippen molar-refractivity contribution < 1.29 is 13.6 Å². The summed E-state index contributed by atoms with van der Waals surface area (Å²) in [4.78, 5) is 16.4. The Morgan fingerprint density at radius 2 is 2.22 bits per heavy atom. The molecule has 3 N–H and O–H groups in total. The third kappa shape index (κ3) is 3.72. The van der Waals surface area contributed by atoms with E-state index in [1.807, 2.05) is 25.1 Å². The normalized spacial score (nSPS) is 10.5. The van der Waals surface area contributed by atoms with Crippen LogP contribution < -0.4 is 11.1 Å². The van der Waals surface area contributed by atoms with Crippen molar-refractivity contribution in [3.63, 3.8) is 0 Å². The minimum absolute atomic E-state index is 0. The Morgan fingerprint density at radius 1 is 1.39 bits per heavy atom. The van der Waals surface area contributed by atoms with Crippen LogP contribution in [-0.4, -0.2) is 17.4 Å². The first-order valence-electron chi connectivity index (χ1n) is 7.08. The summed E-state index contributed by atoms with van der Waals surface area (Å²) in [5.74, 6) is 0.995. The number of nitrogens with two attached hydrogens (primary N) is 1. The van der Waals surface area contributed by atoms with Crippen molar-refractivity contribution >= 4 is 29.4 Å². The zero-order valence-corrected chi connectivity index (χ0v) is 13.5. The van der Waals surface area contributed by atoms with Crippen LogP contribution in [0.15, 0.2) is 39.4 Å². The molecule has 1 aromatic carbocycles. The molecule has 0 radical (unpaired) electrons. The number of amides is 1. The van der Waals surface area contributed by atoms with Gasteiger partial charge >= 0.3 is 0 Å². The number of carbonyl (C=O) groups is 1. The summed E-state index contributed by atoms with van der Waals surface area (Å²) in [5, 5.41) is 2.80. The summed E-state index contributed by atoms with van der Waals surface area (Å²) in [7, 11) is 0. The summed E-state index contributed by atoms with van der Waals surface area (Å²) in [6.07, 6.45) is 1.93. The van der Waals surface area contributed by atoms with Crippen LogP contribution in [0.25, 0.3) is 11.1 Å². The van der Waals surface area contributed by atoms with Gasteiger partial charge in [-0.2, -0.15) is 0 Å². The summed E-state index contributed by atoms with van der Waals surface area (Å²) in [6.45, 7) is 2.70. The lowest BCUT2D eigenvalue weighted by molar-refractivity contribution is 0.0953. The summed E-state index contributed by atoms with van der Waals surface area (Å²) < 4.78 is 10.8. The molecule has 0 atom stereocenters. The van der Waals surface area contributed by atoms with Crippen LogP contribution in [0.4, 0.5) is 0 Å². The van der Waals surface area contributed by atoms with Gasteiger partial charge in [0.25, 0.3) is 5.91 Å². The smallest absolute Gasteiger partial charge is 0.254 e. The Balaban J connectivity index is 0.00000192. The molecule has 122 valence electrons. The van der Waals surface area contributed by atoms with Crippen LogP contribution in [-0.2, 0) is 13.0 Å². The molecule has 7 heteroatoms. The van der Waals surface area contributed by atoms with E-state index in [1.54, 1.807) is 6.07 Å². The predicted octanol–water partition coefficient (Wildman–Crippen LogP) is 2.58. The molecule has 0 saturated carbocycles. The van der Waals surface area contributed by atoms with Crippen molar-refractivity contribution in [3.8, 4) is 0 Å². The number of aromatic nitrogens is 1. The van der Waals surface area contributed by atoms with Crippen LogP contribution >= 0.6 is 12.4 Å². The minimum atomic E-state index is -0.198. The quantitative estimate of drug-likeness (QED) is 0.747. The molecule has 0 aliphatic heterocycles. The Kier molecular flexibility index (Phi) is 5.41. The van der Waals surface area contributed by atoms with Crippen LogP contribution in [0.1, 0.15) is 27.6 Å². The van der Waals surface area contributed by atoms with Gasteiger partial charge in [0.05, 0.1) is 12.1 Å². The SMILES string of the molecule is Cc1cccc2oc(CCNC(=O)c3coc(CN)c3)nc12.Cl. The topological polar surface area (TPSA) is 94.3 Å². The third-order valence-electron chi connectivity index (χ3n) is 3.41. The summed E-state index contributed by atoms with van der Waals surface area (Å²) in [5.41, 5.74) is 8.62. The number of furan rings is 1. The van der Waals surface area contributed by atoms with E-state index in [4.69, 9.17) is 14.6 Å². The van der Waals surface area contributed by atoms with Gasteiger partial charge in [-0.05, 0) is 24.6 Å². The van der Waals surface area contributed by atoms with E-state index in [2.05, 4.69) is 10.3 Å². The number of carbonyl (C=O) groups excluding carboxylic acids is 1. The van der Waals surface area contributed by atoms with Crippen LogP contribution in [0.3, 0.4) is 0 Å². The molecule has 0 aliphatic carbocycles. The maximum Gasteiger partial charge on any atom is 0.254 e. The van der Waals surface area contributed by atoms with Gasteiger partial charge in [0.2, 0.25) is 0 Å². The molecule has 3 rings (SSSR count). The van der Waals surface area contributed by atoms with Crippen molar-refractivity contribution in [1.82, 2.24) is 10.3 Å². The fraction of sp³-hybridized carbons (Fsp3) is 0.250. The van der Waals surface area contributed by atoms with E-state index < -0.39 is 0 Å². The fourth-order valence-corrected chi connectivity index (χ4v) is 2.23. The molecule has 23 heavy (non-hydrogen) atoms. The maximum atomic E-state index is 11.9. The number of oxazole rings is 1. The molecule has 0 bridgehead atoms. The highest BCUT2D eigenvalue weighted by Gasteiger charge is 2.11.